The molecule has 0 atom stereocenters. The van der Waals surface area contributed by atoms with Crippen molar-refractivity contribution in [2.45, 2.75) is 6.54 Å². The predicted molar refractivity (Wildman–Crippen MR) is 55.0 cm³/mol. The molecule has 0 bridgehead atoms. The Morgan fingerprint density at radius 1 is 1.24 bits per heavy atom. The first kappa shape index (κ1) is 11.4. The van der Waals surface area contributed by atoms with Gasteiger partial charge in [-0.1, -0.05) is 5.21 Å². The molecule has 0 aliphatic carbocycles. The third kappa shape index (κ3) is 2.38. The van der Waals surface area contributed by atoms with E-state index in [2.05, 4.69) is 15.6 Å². The third-order valence-electron chi connectivity index (χ3n) is 2.18. The second kappa shape index (κ2) is 4.44. The van der Waals surface area contributed by atoms with Gasteiger partial charge in [-0.25, -0.2) is 17.9 Å². The zero-order chi connectivity index (χ0) is 12.4. The number of halogens is 3. The van der Waals surface area contributed by atoms with Crippen LogP contribution in [0, 0.1) is 17.5 Å². The van der Waals surface area contributed by atoms with E-state index < -0.39 is 17.5 Å². The molecule has 90 valence electrons. The van der Waals surface area contributed by atoms with Gasteiger partial charge in [0.05, 0.1) is 12.7 Å². The van der Waals surface area contributed by atoms with E-state index >= 15 is 0 Å². The van der Waals surface area contributed by atoms with Crippen LogP contribution in [-0.4, -0.2) is 22.0 Å². The summed E-state index contributed by atoms with van der Waals surface area (Å²) < 4.78 is 40.0. The van der Waals surface area contributed by atoms with Crippen LogP contribution in [0.15, 0.2) is 18.3 Å². The monoisotopic (exact) mass is 242 g/mol. The Morgan fingerprint density at radius 3 is 2.41 bits per heavy atom. The third-order valence-corrected chi connectivity index (χ3v) is 2.18. The van der Waals surface area contributed by atoms with Crippen LogP contribution in [0.3, 0.4) is 0 Å². The molecule has 0 saturated heterocycles. The van der Waals surface area contributed by atoms with Gasteiger partial charge in [-0.3, -0.25) is 0 Å². The van der Waals surface area contributed by atoms with Gasteiger partial charge in [0, 0.05) is 7.05 Å². The number of hydrogen-bond donors (Lipinski definition) is 1. The number of benzene rings is 1. The standard InChI is InChI=1S/C10H9F3N4/c1-14-9-5-17(16-15-9)4-6-2-7(11)10(13)8(12)3-6/h2-3,5,14H,4H2,1H3. The lowest BCUT2D eigenvalue weighted by Gasteiger charge is -2.02. The summed E-state index contributed by atoms with van der Waals surface area (Å²) in [4.78, 5) is 0. The zero-order valence-electron chi connectivity index (χ0n) is 8.91. The van der Waals surface area contributed by atoms with Crippen LogP contribution in [0.4, 0.5) is 19.0 Å². The smallest absolute Gasteiger partial charge is 0.194 e. The number of aromatic nitrogens is 3. The molecule has 1 heterocycles. The molecule has 4 nitrogen and oxygen atoms in total. The van der Waals surface area contributed by atoms with Gasteiger partial charge < -0.3 is 5.32 Å². The highest BCUT2D eigenvalue weighted by atomic mass is 19.2. The maximum atomic E-state index is 12.9. The predicted octanol–water partition coefficient (Wildman–Crippen LogP) is 1.79. The fourth-order valence-electron chi connectivity index (χ4n) is 1.38. The van der Waals surface area contributed by atoms with Gasteiger partial charge >= 0.3 is 0 Å². The first-order valence-electron chi connectivity index (χ1n) is 4.81. The molecule has 0 aliphatic heterocycles. The summed E-state index contributed by atoms with van der Waals surface area (Å²) in [6.07, 6.45) is 1.57. The molecule has 0 unspecified atom stereocenters. The van der Waals surface area contributed by atoms with Crippen molar-refractivity contribution in [2.24, 2.45) is 0 Å². The molecule has 7 heteroatoms. The Labute approximate surface area is 95.1 Å². The van der Waals surface area contributed by atoms with E-state index in [1.807, 2.05) is 0 Å². The summed E-state index contributed by atoms with van der Waals surface area (Å²) in [6.45, 7) is 0.114. The molecule has 0 saturated carbocycles. The van der Waals surface area contributed by atoms with Crippen LogP contribution in [0.25, 0.3) is 0 Å². The second-order valence-corrected chi connectivity index (χ2v) is 3.42. The SMILES string of the molecule is CNc1cn(Cc2cc(F)c(F)c(F)c2)nn1. The zero-order valence-corrected chi connectivity index (χ0v) is 8.91. The molecular weight excluding hydrogens is 233 g/mol. The molecule has 1 N–H and O–H groups in total. The number of hydrogen-bond acceptors (Lipinski definition) is 3. The van der Waals surface area contributed by atoms with Crippen molar-refractivity contribution in [2.75, 3.05) is 12.4 Å². The minimum absolute atomic E-state index is 0.114. The molecule has 0 aliphatic rings. The van der Waals surface area contributed by atoms with Crippen LogP contribution in [0.1, 0.15) is 5.56 Å². The Balaban J connectivity index is 2.24. The Bertz CT molecular complexity index is 515. The number of nitrogens with zero attached hydrogens (tertiary/aromatic N) is 3. The number of rotatable bonds is 3. The van der Waals surface area contributed by atoms with Crippen molar-refractivity contribution < 1.29 is 13.2 Å². The van der Waals surface area contributed by atoms with E-state index in [-0.39, 0.29) is 12.1 Å². The minimum atomic E-state index is -1.47. The summed E-state index contributed by atoms with van der Waals surface area (Å²) in [5, 5.41) is 10.2. The maximum Gasteiger partial charge on any atom is 0.194 e. The lowest BCUT2D eigenvalue weighted by molar-refractivity contribution is 0.444. The Morgan fingerprint density at radius 2 is 1.88 bits per heavy atom. The van der Waals surface area contributed by atoms with E-state index in [9.17, 15) is 13.2 Å². The maximum absolute atomic E-state index is 12.9. The van der Waals surface area contributed by atoms with Crippen molar-refractivity contribution in [3.05, 3.63) is 41.3 Å². The van der Waals surface area contributed by atoms with E-state index in [1.54, 1.807) is 13.2 Å². The van der Waals surface area contributed by atoms with Crippen molar-refractivity contribution in [1.82, 2.24) is 15.0 Å². The quantitative estimate of drug-likeness (QED) is 0.834. The molecule has 0 fully saturated rings. The van der Waals surface area contributed by atoms with Gasteiger partial charge in [-0.15, -0.1) is 5.10 Å². The number of anilines is 1. The van der Waals surface area contributed by atoms with Crippen LogP contribution >= 0.6 is 0 Å². The van der Waals surface area contributed by atoms with Crippen LogP contribution in [0.5, 0.6) is 0 Å². The van der Waals surface area contributed by atoms with E-state index in [4.69, 9.17) is 0 Å². The molecule has 1 aromatic heterocycles. The normalized spacial score (nSPS) is 10.6. The topological polar surface area (TPSA) is 42.7 Å². The van der Waals surface area contributed by atoms with Crippen molar-refractivity contribution in [3.63, 3.8) is 0 Å². The minimum Gasteiger partial charge on any atom is -0.370 e. The summed E-state index contributed by atoms with van der Waals surface area (Å²) in [5.41, 5.74) is 0.272. The molecule has 2 aromatic rings. The Hall–Kier alpha value is -2.05. The average Bonchev–Trinajstić information content (AvgIpc) is 2.73. The first-order valence-corrected chi connectivity index (χ1v) is 4.81. The fourth-order valence-corrected chi connectivity index (χ4v) is 1.38. The van der Waals surface area contributed by atoms with Crippen LogP contribution in [-0.2, 0) is 6.54 Å². The molecular formula is C10H9F3N4. The molecule has 17 heavy (non-hydrogen) atoms. The molecule has 0 amide bonds. The van der Waals surface area contributed by atoms with Gasteiger partial charge in [0.1, 0.15) is 0 Å². The van der Waals surface area contributed by atoms with Gasteiger partial charge in [-0.05, 0) is 17.7 Å². The van der Waals surface area contributed by atoms with E-state index in [0.717, 1.165) is 12.1 Å². The molecule has 1 aromatic carbocycles. The largest absolute Gasteiger partial charge is 0.370 e. The number of nitrogens with one attached hydrogen (secondary N) is 1. The lowest BCUT2D eigenvalue weighted by atomic mass is 10.2. The van der Waals surface area contributed by atoms with Crippen molar-refractivity contribution in [1.29, 1.82) is 0 Å². The average molecular weight is 242 g/mol. The molecule has 0 spiro atoms. The Kier molecular flexibility index (Phi) is 2.99. The summed E-state index contributed by atoms with van der Waals surface area (Å²) in [5.74, 6) is -3.36. The van der Waals surface area contributed by atoms with Gasteiger partial charge in [0.15, 0.2) is 23.3 Å². The highest BCUT2D eigenvalue weighted by molar-refractivity contribution is 5.28. The highest BCUT2D eigenvalue weighted by Gasteiger charge is 2.11. The van der Waals surface area contributed by atoms with Crippen molar-refractivity contribution in [3.8, 4) is 0 Å². The highest BCUT2D eigenvalue weighted by Crippen LogP contribution is 2.14. The summed E-state index contributed by atoms with van der Waals surface area (Å²) in [7, 11) is 1.67. The van der Waals surface area contributed by atoms with Gasteiger partial charge in [0.25, 0.3) is 0 Å². The second-order valence-electron chi connectivity index (χ2n) is 3.42. The van der Waals surface area contributed by atoms with Crippen LogP contribution in [0.2, 0.25) is 0 Å². The summed E-state index contributed by atoms with van der Waals surface area (Å²) >= 11 is 0. The van der Waals surface area contributed by atoms with E-state index in [0.29, 0.717) is 5.82 Å². The first-order chi connectivity index (χ1) is 8.10. The molecule has 0 radical (unpaired) electrons. The fraction of sp³-hybridized carbons (Fsp3) is 0.200. The van der Waals surface area contributed by atoms with Crippen LogP contribution < -0.4 is 5.32 Å². The van der Waals surface area contributed by atoms with Gasteiger partial charge in [-0.2, -0.15) is 0 Å². The summed E-state index contributed by atoms with van der Waals surface area (Å²) in [6, 6.07) is 1.86. The van der Waals surface area contributed by atoms with Crippen molar-refractivity contribution >= 4 is 5.82 Å². The lowest BCUT2D eigenvalue weighted by Crippen LogP contribution is -2.03. The van der Waals surface area contributed by atoms with E-state index in [1.165, 1.54) is 4.68 Å². The van der Waals surface area contributed by atoms with Gasteiger partial charge in [0.2, 0.25) is 0 Å². The molecule has 2 rings (SSSR count).